The normalized spacial score (nSPS) is 12.0. The Balaban J connectivity index is 1.42. The molecule has 3 aromatic heterocycles. The van der Waals surface area contributed by atoms with E-state index in [4.69, 9.17) is 0 Å². The molecule has 0 unspecified atom stereocenters. The van der Waals surface area contributed by atoms with Crippen LogP contribution < -0.4 is 5.32 Å². The number of nitrogens with one attached hydrogen (secondary N) is 1. The smallest absolute Gasteiger partial charge is 0.307 e. The van der Waals surface area contributed by atoms with Gasteiger partial charge in [-0.15, -0.1) is 10.2 Å². The molecule has 0 amide bonds. The van der Waals surface area contributed by atoms with Crippen molar-refractivity contribution in [3.05, 3.63) is 75.7 Å². The summed E-state index contributed by atoms with van der Waals surface area (Å²) in [4.78, 5) is 10.3. The third-order valence-corrected chi connectivity index (χ3v) is 5.07. The van der Waals surface area contributed by atoms with E-state index in [-0.39, 0.29) is 11.7 Å². The molecule has 1 atom stereocenters. The summed E-state index contributed by atoms with van der Waals surface area (Å²) < 4.78 is 3.34. The first kappa shape index (κ1) is 17.8. The fourth-order valence-electron chi connectivity index (χ4n) is 2.60. The standard InChI is InChI=1S/C17H16N8O2S/c1-12(24-11-14(9-18-24)25(26)27)16-20-21-17(28-16)19-15-7-8-23(22-15)10-13-5-3-2-4-6-13/h2-9,11-12H,10H2,1H3,(H,19,21,22)/t12-/m0/s1. The molecule has 10 nitrogen and oxygen atoms in total. The Bertz CT molecular complexity index is 1090. The summed E-state index contributed by atoms with van der Waals surface area (Å²) in [5.74, 6) is 0.668. The third kappa shape index (κ3) is 3.88. The van der Waals surface area contributed by atoms with Crippen molar-refractivity contribution >= 4 is 28.0 Å². The van der Waals surface area contributed by atoms with E-state index in [2.05, 4.69) is 25.7 Å². The van der Waals surface area contributed by atoms with Crippen molar-refractivity contribution in [2.24, 2.45) is 0 Å². The molecule has 0 fully saturated rings. The van der Waals surface area contributed by atoms with Gasteiger partial charge in [-0.25, -0.2) is 0 Å². The van der Waals surface area contributed by atoms with Crippen molar-refractivity contribution in [2.45, 2.75) is 19.5 Å². The van der Waals surface area contributed by atoms with E-state index in [9.17, 15) is 10.1 Å². The van der Waals surface area contributed by atoms with Gasteiger partial charge < -0.3 is 5.32 Å². The van der Waals surface area contributed by atoms with Gasteiger partial charge in [0, 0.05) is 12.3 Å². The fourth-order valence-corrected chi connectivity index (χ4v) is 3.39. The zero-order valence-electron chi connectivity index (χ0n) is 14.8. The molecule has 4 rings (SSSR count). The molecule has 0 saturated carbocycles. The minimum atomic E-state index is -0.477. The highest BCUT2D eigenvalue weighted by atomic mass is 32.1. The number of anilines is 2. The molecule has 1 aromatic carbocycles. The molecular formula is C17H16N8O2S. The average molecular weight is 396 g/mol. The van der Waals surface area contributed by atoms with E-state index in [1.54, 1.807) is 0 Å². The Kier molecular flexibility index (Phi) is 4.81. The molecule has 142 valence electrons. The van der Waals surface area contributed by atoms with Crippen LogP contribution in [0.15, 0.2) is 55.0 Å². The lowest BCUT2D eigenvalue weighted by Gasteiger charge is -2.06. The first-order chi connectivity index (χ1) is 13.6. The van der Waals surface area contributed by atoms with Gasteiger partial charge in [0.25, 0.3) is 0 Å². The number of aromatic nitrogens is 6. The lowest BCUT2D eigenvalue weighted by molar-refractivity contribution is -0.385. The summed E-state index contributed by atoms with van der Waals surface area (Å²) in [6.07, 6.45) is 4.49. The van der Waals surface area contributed by atoms with Crippen LogP contribution in [0.25, 0.3) is 0 Å². The summed E-state index contributed by atoms with van der Waals surface area (Å²) in [6, 6.07) is 11.7. The fraction of sp³-hybridized carbons (Fsp3) is 0.176. The van der Waals surface area contributed by atoms with Crippen LogP contribution in [0.2, 0.25) is 0 Å². The van der Waals surface area contributed by atoms with Gasteiger partial charge in [0.15, 0.2) is 5.82 Å². The average Bonchev–Trinajstić information content (AvgIpc) is 3.43. The van der Waals surface area contributed by atoms with E-state index in [0.29, 0.717) is 22.5 Å². The van der Waals surface area contributed by atoms with Crippen LogP contribution in [0.5, 0.6) is 0 Å². The molecule has 0 radical (unpaired) electrons. The maximum absolute atomic E-state index is 10.8. The highest BCUT2D eigenvalue weighted by Gasteiger charge is 2.18. The van der Waals surface area contributed by atoms with Crippen LogP contribution in [-0.4, -0.2) is 34.7 Å². The van der Waals surface area contributed by atoms with Crippen molar-refractivity contribution in [3.8, 4) is 0 Å². The number of nitrogens with zero attached hydrogens (tertiary/aromatic N) is 7. The minimum Gasteiger partial charge on any atom is -0.313 e. The van der Waals surface area contributed by atoms with Crippen molar-refractivity contribution < 1.29 is 4.92 Å². The third-order valence-electron chi connectivity index (χ3n) is 4.06. The molecule has 0 bridgehead atoms. The number of benzene rings is 1. The van der Waals surface area contributed by atoms with E-state index < -0.39 is 4.92 Å². The van der Waals surface area contributed by atoms with Crippen LogP contribution >= 0.6 is 11.3 Å². The second-order valence-corrected chi connectivity index (χ2v) is 7.08. The Labute approximate surface area is 163 Å². The van der Waals surface area contributed by atoms with Gasteiger partial charge in [-0.1, -0.05) is 41.7 Å². The largest absolute Gasteiger partial charge is 0.313 e. The van der Waals surface area contributed by atoms with Crippen molar-refractivity contribution in [1.29, 1.82) is 0 Å². The van der Waals surface area contributed by atoms with Crippen molar-refractivity contribution in [3.63, 3.8) is 0 Å². The molecule has 0 aliphatic rings. The number of nitro groups is 1. The quantitative estimate of drug-likeness (QED) is 0.376. The predicted octanol–water partition coefficient (Wildman–Crippen LogP) is 3.24. The lowest BCUT2D eigenvalue weighted by Crippen LogP contribution is -2.06. The van der Waals surface area contributed by atoms with Crippen LogP contribution in [0, 0.1) is 10.1 Å². The molecule has 0 aliphatic carbocycles. The van der Waals surface area contributed by atoms with Gasteiger partial charge in [-0.2, -0.15) is 10.2 Å². The van der Waals surface area contributed by atoms with E-state index in [1.807, 2.05) is 54.2 Å². The molecule has 4 aromatic rings. The highest BCUT2D eigenvalue weighted by Crippen LogP contribution is 2.27. The van der Waals surface area contributed by atoms with Gasteiger partial charge in [-0.05, 0) is 12.5 Å². The zero-order valence-corrected chi connectivity index (χ0v) is 15.7. The summed E-state index contributed by atoms with van der Waals surface area (Å²) in [7, 11) is 0. The molecule has 11 heteroatoms. The highest BCUT2D eigenvalue weighted by molar-refractivity contribution is 7.15. The predicted molar refractivity (Wildman–Crippen MR) is 104 cm³/mol. The van der Waals surface area contributed by atoms with Gasteiger partial charge in [0.05, 0.1) is 11.5 Å². The van der Waals surface area contributed by atoms with Crippen LogP contribution in [0.3, 0.4) is 0 Å². The number of rotatable bonds is 7. The monoisotopic (exact) mass is 396 g/mol. The second-order valence-electron chi connectivity index (χ2n) is 6.07. The minimum absolute atomic E-state index is 0.0568. The number of hydrogen-bond donors (Lipinski definition) is 1. The van der Waals surface area contributed by atoms with Crippen LogP contribution in [-0.2, 0) is 6.54 Å². The first-order valence-electron chi connectivity index (χ1n) is 8.45. The van der Waals surface area contributed by atoms with Crippen molar-refractivity contribution in [1.82, 2.24) is 29.8 Å². The summed E-state index contributed by atoms with van der Waals surface area (Å²) in [5.41, 5.74) is 1.11. The molecule has 1 N–H and O–H groups in total. The number of hydrogen-bond acceptors (Lipinski definition) is 8. The molecule has 0 spiro atoms. The van der Waals surface area contributed by atoms with Crippen LogP contribution in [0.1, 0.15) is 23.5 Å². The molecule has 28 heavy (non-hydrogen) atoms. The molecule has 3 heterocycles. The lowest BCUT2D eigenvalue weighted by atomic mass is 10.2. The molecule has 0 aliphatic heterocycles. The Morgan fingerprint density at radius 2 is 2.07 bits per heavy atom. The molecule has 0 saturated heterocycles. The van der Waals surface area contributed by atoms with Gasteiger partial charge in [0.1, 0.15) is 23.4 Å². The molecular weight excluding hydrogens is 380 g/mol. The van der Waals surface area contributed by atoms with E-state index in [1.165, 1.54) is 28.4 Å². The zero-order chi connectivity index (χ0) is 19.5. The van der Waals surface area contributed by atoms with Gasteiger partial charge in [0.2, 0.25) is 5.13 Å². The Morgan fingerprint density at radius 1 is 1.25 bits per heavy atom. The topological polar surface area (TPSA) is 117 Å². The maximum atomic E-state index is 10.8. The Hall–Kier alpha value is -3.60. The first-order valence-corrected chi connectivity index (χ1v) is 9.26. The van der Waals surface area contributed by atoms with Crippen LogP contribution in [0.4, 0.5) is 16.6 Å². The SMILES string of the molecule is C[C@@H](c1nnc(Nc2ccn(Cc3ccccc3)n2)s1)n1cc([N+](=O)[O-])cn1. The summed E-state index contributed by atoms with van der Waals surface area (Å²) >= 11 is 1.35. The van der Waals surface area contributed by atoms with Gasteiger partial charge >= 0.3 is 5.69 Å². The maximum Gasteiger partial charge on any atom is 0.307 e. The second kappa shape index (κ2) is 7.56. The van der Waals surface area contributed by atoms with E-state index in [0.717, 1.165) is 5.56 Å². The van der Waals surface area contributed by atoms with E-state index >= 15 is 0 Å². The Morgan fingerprint density at radius 3 is 2.82 bits per heavy atom. The summed E-state index contributed by atoms with van der Waals surface area (Å²) in [5, 5.41) is 32.0. The summed E-state index contributed by atoms with van der Waals surface area (Å²) in [6.45, 7) is 2.54. The van der Waals surface area contributed by atoms with Gasteiger partial charge in [-0.3, -0.25) is 19.5 Å². The van der Waals surface area contributed by atoms with Crippen molar-refractivity contribution in [2.75, 3.05) is 5.32 Å².